The maximum Gasteiger partial charge on any atom is 0.419 e. The van der Waals surface area contributed by atoms with Gasteiger partial charge in [0.2, 0.25) is 0 Å². The van der Waals surface area contributed by atoms with Crippen LogP contribution in [0.3, 0.4) is 0 Å². The summed E-state index contributed by atoms with van der Waals surface area (Å²) in [5.74, 6) is 0.469. The van der Waals surface area contributed by atoms with Crippen molar-refractivity contribution in [3.63, 3.8) is 0 Å². The van der Waals surface area contributed by atoms with E-state index in [0.29, 0.717) is 23.1 Å². The number of ketones is 1. The zero-order valence-electron chi connectivity index (χ0n) is 9.73. The van der Waals surface area contributed by atoms with Gasteiger partial charge in [0.25, 0.3) is 0 Å². The number of rotatable bonds is 4. The second-order valence-electron chi connectivity index (χ2n) is 3.78. The van der Waals surface area contributed by atoms with E-state index in [1.807, 2.05) is 6.26 Å². The molecule has 17 heavy (non-hydrogen) atoms. The van der Waals surface area contributed by atoms with Crippen LogP contribution in [0.15, 0.2) is 27.4 Å². The molecule has 90 valence electrons. The third-order valence-electron chi connectivity index (χ3n) is 2.65. The van der Waals surface area contributed by atoms with Crippen LogP contribution >= 0.6 is 11.8 Å². The van der Waals surface area contributed by atoms with E-state index in [-0.39, 0.29) is 5.78 Å². The largest absolute Gasteiger partial charge is 0.419 e. The minimum atomic E-state index is -0.409. The second-order valence-corrected chi connectivity index (χ2v) is 4.76. The highest BCUT2D eigenvalue weighted by Gasteiger charge is 2.10. The third kappa shape index (κ3) is 2.29. The molecule has 0 saturated carbocycles. The standard InChI is InChI=1S/C12H13NO3S/c1-13-9-4-3-8(10(14)5-6-17-2)7-11(9)16-12(13)15/h3-4,7H,5-6H2,1-2H3. The van der Waals surface area contributed by atoms with Gasteiger partial charge in [-0.1, -0.05) is 0 Å². The highest BCUT2D eigenvalue weighted by Crippen LogP contribution is 2.16. The number of aromatic nitrogens is 1. The van der Waals surface area contributed by atoms with Gasteiger partial charge in [-0.2, -0.15) is 11.8 Å². The highest BCUT2D eigenvalue weighted by atomic mass is 32.2. The average molecular weight is 251 g/mol. The molecule has 1 aromatic heterocycles. The second kappa shape index (κ2) is 4.79. The van der Waals surface area contributed by atoms with Crippen molar-refractivity contribution in [3.8, 4) is 0 Å². The van der Waals surface area contributed by atoms with Crippen LogP contribution in [0.25, 0.3) is 11.1 Å². The maximum absolute atomic E-state index is 11.8. The molecule has 0 fully saturated rings. The van der Waals surface area contributed by atoms with Crippen LogP contribution in [0.2, 0.25) is 0 Å². The molecular formula is C12H13NO3S. The molecule has 1 aromatic carbocycles. The Labute approximate surface area is 103 Å². The molecule has 1 heterocycles. The van der Waals surface area contributed by atoms with Crippen molar-refractivity contribution in [1.29, 1.82) is 0 Å². The molecule has 0 bridgehead atoms. The monoisotopic (exact) mass is 251 g/mol. The summed E-state index contributed by atoms with van der Waals surface area (Å²) in [6.07, 6.45) is 2.47. The number of aryl methyl sites for hydroxylation is 1. The average Bonchev–Trinajstić information content (AvgIpc) is 2.61. The summed E-state index contributed by atoms with van der Waals surface area (Å²) in [4.78, 5) is 23.1. The number of carbonyl (C=O) groups is 1. The van der Waals surface area contributed by atoms with E-state index in [1.54, 1.807) is 37.0 Å². The molecule has 0 N–H and O–H groups in total. The van der Waals surface area contributed by atoms with Gasteiger partial charge in [-0.05, 0) is 24.5 Å². The van der Waals surface area contributed by atoms with Crippen molar-refractivity contribution >= 4 is 28.6 Å². The number of carbonyl (C=O) groups excluding carboxylic acids is 1. The molecule has 4 nitrogen and oxygen atoms in total. The van der Waals surface area contributed by atoms with E-state index in [0.717, 1.165) is 5.75 Å². The first kappa shape index (κ1) is 12.0. The summed E-state index contributed by atoms with van der Waals surface area (Å²) in [6, 6.07) is 5.12. The van der Waals surface area contributed by atoms with Crippen molar-refractivity contribution in [1.82, 2.24) is 4.57 Å². The molecule has 0 amide bonds. The van der Waals surface area contributed by atoms with Gasteiger partial charge in [0.15, 0.2) is 11.4 Å². The Morgan fingerprint density at radius 3 is 2.94 bits per heavy atom. The summed E-state index contributed by atoms with van der Waals surface area (Å²) in [6.45, 7) is 0. The van der Waals surface area contributed by atoms with Crippen LogP contribution < -0.4 is 5.76 Å². The Hall–Kier alpha value is -1.49. The van der Waals surface area contributed by atoms with Crippen LogP contribution in [0.4, 0.5) is 0 Å². The number of Topliss-reactive ketones (excluding diaryl/α,β-unsaturated/α-hetero) is 1. The first-order valence-electron chi connectivity index (χ1n) is 5.25. The number of hydrogen-bond donors (Lipinski definition) is 0. The minimum absolute atomic E-state index is 0.0766. The van der Waals surface area contributed by atoms with Crippen molar-refractivity contribution in [2.24, 2.45) is 7.05 Å². The van der Waals surface area contributed by atoms with E-state index < -0.39 is 5.76 Å². The third-order valence-corrected chi connectivity index (χ3v) is 3.26. The molecule has 2 aromatic rings. The fourth-order valence-corrected chi connectivity index (χ4v) is 2.04. The van der Waals surface area contributed by atoms with Crippen LogP contribution in [0.5, 0.6) is 0 Å². The van der Waals surface area contributed by atoms with Gasteiger partial charge in [0.1, 0.15) is 0 Å². The molecule has 0 unspecified atom stereocenters. The number of hydrogen-bond acceptors (Lipinski definition) is 4. The summed E-state index contributed by atoms with van der Waals surface area (Å²) >= 11 is 1.64. The molecule has 0 aliphatic rings. The first-order chi connectivity index (χ1) is 8.13. The molecule has 0 saturated heterocycles. The summed E-state index contributed by atoms with van der Waals surface area (Å²) in [5.41, 5.74) is 1.77. The van der Waals surface area contributed by atoms with E-state index in [4.69, 9.17) is 4.42 Å². The molecule has 0 aliphatic carbocycles. The Morgan fingerprint density at radius 2 is 2.24 bits per heavy atom. The lowest BCUT2D eigenvalue weighted by Gasteiger charge is -1.99. The zero-order chi connectivity index (χ0) is 12.4. The van der Waals surface area contributed by atoms with E-state index in [2.05, 4.69) is 0 Å². The van der Waals surface area contributed by atoms with Crippen molar-refractivity contribution in [2.75, 3.05) is 12.0 Å². The van der Waals surface area contributed by atoms with Gasteiger partial charge in [0, 0.05) is 24.8 Å². The maximum atomic E-state index is 11.8. The molecule has 0 aliphatic heterocycles. The fraction of sp³-hybridized carbons (Fsp3) is 0.333. The number of oxazole rings is 1. The fourth-order valence-electron chi connectivity index (χ4n) is 1.65. The summed E-state index contributed by atoms with van der Waals surface area (Å²) in [5, 5.41) is 0. The summed E-state index contributed by atoms with van der Waals surface area (Å²) in [7, 11) is 1.64. The molecule has 2 rings (SSSR count). The normalized spacial score (nSPS) is 10.9. The van der Waals surface area contributed by atoms with E-state index in [9.17, 15) is 9.59 Å². The molecule has 0 atom stereocenters. The lowest BCUT2D eigenvalue weighted by molar-refractivity contribution is 0.0989. The predicted octanol–water partition coefficient (Wildman–Crippen LogP) is 2.07. The number of fused-ring (bicyclic) bond motifs is 1. The van der Waals surface area contributed by atoms with Gasteiger partial charge in [-0.25, -0.2) is 4.79 Å². The SMILES string of the molecule is CSCCC(=O)c1ccc2c(c1)oc(=O)n2C. The minimum Gasteiger partial charge on any atom is -0.408 e. The van der Waals surface area contributed by atoms with Crippen LogP contribution in [0, 0.1) is 0 Å². The number of benzene rings is 1. The van der Waals surface area contributed by atoms with Gasteiger partial charge >= 0.3 is 5.76 Å². The number of nitrogens with zero attached hydrogens (tertiary/aromatic N) is 1. The van der Waals surface area contributed by atoms with Crippen molar-refractivity contribution in [2.45, 2.75) is 6.42 Å². The lowest BCUT2D eigenvalue weighted by atomic mass is 10.1. The molecule has 5 heteroatoms. The van der Waals surface area contributed by atoms with Crippen molar-refractivity contribution < 1.29 is 9.21 Å². The molecule has 0 spiro atoms. The molecular weight excluding hydrogens is 238 g/mol. The predicted molar refractivity (Wildman–Crippen MR) is 68.8 cm³/mol. The smallest absolute Gasteiger partial charge is 0.408 e. The summed E-state index contributed by atoms with van der Waals surface area (Å²) < 4.78 is 6.47. The topological polar surface area (TPSA) is 52.2 Å². The van der Waals surface area contributed by atoms with Gasteiger partial charge in [0.05, 0.1) is 5.52 Å². The zero-order valence-corrected chi connectivity index (χ0v) is 10.5. The lowest BCUT2D eigenvalue weighted by Crippen LogP contribution is -2.08. The van der Waals surface area contributed by atoms with Crippen LogP contribution in [-0.4, -0.2) is 22.4 Å². The van der Waals surface area contributed by atoms with E-state index >= 15 is 0 Å². The van der Waals surface area contributed by atoms with Gasteiger partial charge in [-0.15, -0.1) is 0 Å². The van der Waals surface area contributed by atoms with Gasteiger partial charge < -0.3 is 4.42 Å². The Bertz CT molecular complexity index is 612. The highest BCUT2D eigenvalue weighted by molar-refractivity contribution is 7.98. The van der Waals surface area contributed by atoms with Crippen LogP contribution in [0.1, 0.15) is 16.8 Å². The van der Waals surface area contributed by atoms with Crippen molar-refractivity contribution in [3.05, 3.63) is 34.3 Å². The number of thioether (sulfide) groups is 1. The van der Waals surface area contributed by atoms with E-state index in [1.165, 1.54) is 4.57 Å². The Balaban J connectivity index is 2.38. The first-order valence-corrected chi connectivity index (χ1v) is 6.64. The molecule has 0 radical (unpaired) electrons. The Kier molecular flexibility index (Phi) is 3.38. The van der Waals surface area contributed by atoms with Crippen LogP contribution in [-0.2, 0) is 7.05 Å². The quantitative estimate of drug-likeness (QED) is 0.780. The van der Waals surface area contributed by atoms with Gasteiger partial charge in [-0.3, -0.25) is 9.36 Å². The Morgan fingerprint density at radius 1 is 1.47 bits per heavy atom.